The standard InChI is InChI=1S/C14H19ClO/c1-3-10(2)13-6-4-5-7-14(13)16-12-8-11(15)9-12/h4-7,10-12H,3,8-9H2,1-2H3. The molecule has 0 radical (unpaired) electrons. The summed E-state index contributed by atoms with van der Waals surface area (Å²) >= 11 is 5.96. The summed E-state index contributed by atoms with van der Waals surface area (Å²) in [5.41, 5.74) is 1.32. The molecule has 0 spiro atoms. The number of benzene rings is 1. The fourth-order valence-corrected chi connectivity index (χ4v) is 2.39. The molecule has 1 unspecified atom stereocenters. The van der Waals surface area contributed by atoms with Gasteiger partial charge in [0.1, 0.15) is 11.9 Å². The summed E-state index contributed by atoms with van der Waals surface area (Å²) in [6.07, 6.45) is 3.43. The Morgan fingerprint density at radius 2 is 2.06 bits per heavy atom. The molecule has 1 aliphatic carbocycles. The Hall–Kier alpha value is -0.690. The van der Waals surface area contributed by atoms with Crippen LogP contribution < -0.4 is 4.74 Å². The van der Waals surface area contributed by atoms with E-state index in [1.165, 1.54) is 5.56 Å². The second kappa shape index (κ2) is 5.09. The Labute approximate surface area is 103 Å². The van der Waals surface area contributed by atoms with Crippen molar-refractivity contribution in [3.8, 4) is 5.75 Å². The molecule has 1 saturated carbocycles. The monoisotopic (exact) mass is 238 g/mol. The predicted molar refractivity (Wildman–Crippen MR) is 68.4 cm³/mol. The number of hydrogen-bond acceptors (Lipinski definition) is 1. The minimum absolute atomic E-state index is 0.320. The topological polar surface area (TPSA) is 9.23 Å². The second-order valence-corrected chi connectivity index (χ2v) is 5.27. The Bertz CT molecular complexity index is 344. The molecule has 0 heterocycles. The van der Waals surface area contributed by atoms with E-state index in [9.17, 15) is 0 Å². The minimum atomic E-state index is 0.320. The molecule has 0 N–H and O–H groups in total. The largest absolute Gasteiger partial charge is 0.490 e. The molecule has 16 heavy (non-hydrogen) atoms. The molecular weight excluding hydrogens is 220 g/mol. The van der Waals surface area contributed by atoms with Gasteiger partial charge in [0.15, 0.2) is 0 Å². The van der Waals surface area contributed by atoms with Gasteiger partial charge in [-0.1, -0.05) is 32.0 Å². The van der Waals surface area contributed by atoms with Gasteiger partial charge in [-0.2, -0.15) is 0 Å². The third-order valence-electron chi connectivity index (χ3n) is 3.39. The first kappa shape index (κ1) is 11.8. The quantitative estimate of drug-likeness (QED) is 0.709. The molecule has 1 atom stereocenters. The molecule has 2 rings (SSSR count). The highest BCUT2D eigenvalue weighted by Gasteiger charge is 2.29. The van der Waals surface area contributed by atoms with Crippen molar-refractivity contribution in [1.82, 2.24) is 0 Å². The number of halogens is 1. The number of alkyl halides is 1. The van der Waals surface area contributed by atoms with Crippen LogP contribution in [0.1, 0.15) is 44.6 Å². The molecule has 1 fully saturated rings. The lowest BCUT2D eigenvalue weighted by atomic mass is 9.94. The maximum atomic E-state index is 5.99. The average molecular weight is 239 g/mol. The Morgan fingerprint density at radius 3 is 2.69 bits per heavy atom. The van der Waals surface area contributed by atoms with Crippen molar-refractivity contribution in [3.05, 3.63) is 29.8 Å². The van der Waals surface area contributed by atoms with E-state index in [-0.39, 0.29) is 0 Å². The first-order valence-corrected chi connectivity index (χ1v) is 6.54. The molecule has 88 valence electrons. The average Bonchev–Trinajstić information content (AvgIpc) is 2.27. The van der Waals surface area contributed by atoms with E-state index in [1.54, 1.807) is 0 Å². The van der Waals surface area contributed by atoms with Gasteiger partial charge in [0.05, 0.1) is 0 Å². The molecule has 2 heteroatoms. The van der Waals surface area contributed by atoms with E-state index >= 15 is 0 Å². The summed E-state index contributed by atoms with van der Waals surface area (Å²) in [6, 6.07) is 8.36. The zero-order valence-corrected chi connectivity index (χ0v) is 10.7. The van der Waals surface area contributed by atoms with E-state index in [0.29, 0.717) is 17.4 Å². The van der Waals surface area contributed by atoms with E-state index < -0.39 is 0 Å². The summed E-state index contributed by atoms with van der Waals surface area (Å²) in [4.78, 5) is 0. The molecule has 1 nitrogen and oxygen atoms in total. The van der Waals surface area contributed by atoms with Gasteiger partial charge in [0, 0.05) is 18.2 Å². The van der Waals surface area contributed by atoms with Crippen LogP contribution in [0.15, 0.2) is 24.3 Å². The van der Waals surface area contributed by atoms with Crippen LogP contribution in [0.3, 0.4) is 0 Å². The fourth-order valence-electron chi connectivity index (χ4n) is 1.99. The van der Waals surface area contributed by atoms with Crippen LogP contribution in [0.25, 0.3) is 0 Å². The normalized spacial score (nSPS) is 25.9. The van der Waals surface area contributed by atoms with Crippen molar-refractivity contribution >= 4 is 11.6 Å². The van der Waals surface area contributed by atoms with Crippen molar-refractivity contribution in [2.75, 3.05) is 0 Å². The van der Waals surface area contributed by atoms with Crippen LogP contribution in [0.5, 0.6) is 5.75 Å². The third kappa shape index (κ3) is 2.52. The van der Waals surface area contributed by atoms with E-state index in [1.807, 2.05) is 6.07 Å². The summed E-state index contributed by atoms with van der Waals surface area (Å²) in [6.45, 7) is 4.45. The van der Waals surface area contributed by atoms with Gasteiger partial charge in [0.2, 0.25) is 0 Å². The van der Waals surface area contributed by atoms with Gasteiger partial charge in [-0.05, 0) is 24.0 Å². The van der Waals surface area contributed by atoms with Crippen molar-refractivity contribution in [2.45, 2.75) is 50.5 Å². The Morgan fingerprint density at radius 1 is 1.38 bits per heavy atom. The second-order valence-electron chi connectivity index (χ2n) is 4.66. The number of rotatable bonds is 4. The van der Waals surface area contributed by atoms with Crippen LogP contribution in [0.2, 0.25) is 0 Å². The summed E-state index contributed by atoms with van der Waals surface area (Å²) in [5, 5.41) is 0.320. The van der Waals surface area contributed by atoms with Crippen LogP contribution in [0, 0.1) is 0 Å². The van der Waals surface area contributed by atoms with Crippen molar-refractivity contribution in [1.29, 1.82) is 0 Å². The molecular formula is C14H19ClO. The van der Waals surface area contributed by atoms with Gasteiger partial charge < -0.3 is 4.74 Å². The molecule has 0 aliphatic heterocycles. The minimum Gasteiger partial charge on any atom is -0.490 e. The van der Waals surface area contributed by atoms with Crippen molar-refractivity contribution in [2.24, 2.45) is 0 Å². The molecule has 1 aliphatic rings. The lowest BCUT2D eigenvalue weighted by Gasteiger charge is -2.32. The van der Waals surface area contributed by atoms with Gasteiger partial charge in [-0.3, -0.25) is 0 Å². The van der Waals surface area contributed by atoms with Crippen molar-refractivity contribution < 1.29 is 4.74 Å². The molecule has 0 aromatic heterocycles. The van der Waals surface area contributed by atoms with Crippen LogP contribution in [-0.4, -0.2) is 11.5 Å². The van der Waals surface area contributed by atoms with Crippen LogP contribution in [0.4, 0.5) is 0 Å². The van der Waals surface area contributed by atoms with E-state index in [2.05, 4.69) is 32.0 Å². The van der Waals surface area contributed by atoms with E-state index in [0.717, 1.165) is 25.0 Å². The number of hydrogen-bond donors (Lipinski definition) is 0. The van der Waals surface area contributed by atoms with Gasteiger partial charge in [-0.25, -0.2) is 0 Å². The van der Waals surface area contributed by atoms with Gasteiger partial charge in [0.25, 0.3) is 0 Å². The first-order valence-electron chi connectivity index (χ1n) is 6.10. The fraction of sp³-hybridized carbons (Fsp3) is 0.571. The molecule has 0 bridgehead atoms. The van der Waals surface area contributed by atoms with Gasteiger partial charge >= 0.3 is 0 Å². The zero-order chi connectivity index (χ0) is 11.5. The Kier molecular flexibility index (Phi) is 3.75. The van der Waals surface area contributed by atoms with Crippen molar-refractivity contribution in [3.63, 3.8) is 0 Å². The van der Waals surface area contributed by atoms with Crippen LogP contribution in [-0.2, 0) is 0 Å². The highest BCUT2D eigenvalue weighted by molar-refractivity contribution is 6.21. The number of ether oxygens (including phenoxy) is 1. The molecule has 0 amide bonds. The maximum Gasteiger partial charge on any atom is 0.123 e. The lowest BCUT2D eigenvalue weighted by molar-refractivity contribution is 0.122. The lowest BCUT2D eigenvalue weighted by Crippen LogP contribution is -2.34. The zero-order valence-electron chi connectivity index (χ0n) is 9.95. The maximum absolute atomic E-state index is 5.99. The summed E-state index contributed by atoms with van der Waals surface area (Å²) in [5.74, 6) is 1.61. The van der Waals surface area contributed by atoms with Gasteiger partial charge in [-0.15, -0.1) is 11.6 Å². The van der Waals surface area contributed by atoms with Crippen LogP contribution >= 0.6 is 11.6 Å². The predicted octanol–water partition coefficient (Wildman–Crippen LogP) is 4.35. The van der Waals surface area contributed by atoms with E-state index in [4.69, 9.17) is 16.3 Å². The number of para-hydroxylation sites is 1. The Balaban J connectivity index is 2.07. The molecule has 0 saturated heterocycles. The highest BCUT2D eigenvalue weighted by Crippen LogP contribution is 2.34. The highest BCUT2D eigenvalue weighted by atomic mass is 35.5. The SMILES string of the molecule is CCC(C)c1ccccc1OC1CC(Cl)C1. The smallest absolute Gasteiger partial charge is 0.123 e. The summed E-state index contributed by atoms with van der Waals surface area (Å²) < 4.78 is 5.99. The first-order chi connectivity index (χ1) is 7.70. The molecule has 1 aromatic rings. The molecule has 1 aromatic carbocycles. The summed E-state index contributed by atoms with van der Waals surface area (Å²) in [7, 11) is 0. The third-order valence-corrected chi connectivity index (χ3v) is 3.75.